The molecule has 1 saturated heterocycles. The molecule has 29 heavy (non-hydrogen) atoms. The second-order valence-electron chi connectivity index (χ2n) is 8.38. The van der Waals surface area contributed by atoms with Crippen LogP contribution in [-0.2, 0) is 14.2 Å². The number of rotatable bonds is 13. The van der Waals surface area contributed by atoms with Gasteiger partial charge in [0.05, 0.1) is 33.0 Å². The second kappa shape index (κ2) is 15.0. The molecule has 1 aliphatic carbocycles. The molecule has 2 aliphatic rings. The van der Waals surface area contributed by atoms with E-state index >= 15 is 0 Å². The van der Waals surface area contributed by atoms with Crippen molar-refractivity contribution < 1.29 is 14.2 Å². The number of aliphatic imine (C=N–C) groups is 1. The van der Waals surface area contributed by atoms with Gasteiger partial charge in [-0.3, -0.25) is 9.89 Å². The van der Waals surface area contributed by atoms with Crippen LogP contribution in [0.5, 0.6) is 0 Å². The van der Waals surface area contributed by atoms with Crippen LogP contribution in [0.2, 0.25) is 0 Å². The van der Waals surface area contributed by atoms with Crippen molar-refractivity contribution in [1.82, 2.24) is 15.5 Å². The van der Waals surface area contributed by atoms with Crippen molar-refractivity contribution in [3.05, 3.63) is 0 Å². The van der Waals surface area contributed by atoms with Crippen LogP contribution in [-0.4, -0.2) is 90.3 Å². The molecule has 2 rings (SSSR count). The lowest BCUT2D eigenvalue weighted by Crippen LogP contribution is -2.51. The van der Waals surface area contributed by atoms with Crippen molar-refractivity contribution >= 4 is 5.96 Å². The van der Waals surface area contributed by atoms with E-state index in [1.807, 2.05) is 7.05 Å². The van der Waals surface area contributed by atoms with Gasteiger partial charge in [-0.2, -0.15) is 0 Å². The summed E-state index contributed by atoms with van der Waals surface area (Å²) in [4.78, 5) is 6.99. The summed E-state index contributed by atoms with van der Waals surface area (Å²) in [5.74, 6) is 0.875. The minimum atomic E-state index is 0.347. The van der Waals surface area contributed by atoms with E-state index in [0.717, 1.165) is 58.4 Å². The van der Waals surface area contributed by atoms with E-state index in [9.17, 15) is 0 Å². The Kier molecular flexibility index (Phi) is 12.6. The standard InChI is InChI=1S/C22H44N4O3/c1-3-4-13-27-17-18-28-14-10-24-21(23-2)25-19-22(8-6-5-7-9-22)20-26-11-15-29-16-12-26/h3-20H2,1-2H3,(H2,23,24,25). The lowest BCUT2D eigenvalue weighted by atomic mass is 9.73. The lowest BCUT2D eigenvalue weighted by molar-refractivity contribution is 0.00819. The third-order valence-corrected chi connectivity index (χ3v) is 5.98. The quantitative estimate of drug-likeness (QED) is 0.275. The Bertz CT molecular complexity index is 436. The first kappa shape index (κ1) is 24.4. The zero-order valence-corrected chi connectivity index (χ0v) is 18.8. The molecule has 0 bridgehead atoms. The molecule has 2 fully saturated rings. The van der Waals surface area contributed by atoms with Gasteiger partial charge in [0.2, 0.25) is 0 Å². The molecule has 0 aromatic rings. The van der Waals surface area contributed by atoms with E-state index in [2.05, 4.69) is 27.4 Å². The summed E-state index contributed by atoms with van der Waals surface area (Å²) in [5, 5.41) is 6.98. The zero-order valence-electron chi connectivity index (χ0n) is 18.8. The Labute approximate surface area is 177 Å². The monoisotopic (exact) mass is 412 g/mol. The number of hydrogen-bond acceptors (Lipinski definition) is 5. The number of guanidine groups is 1. The smallest absolute Gasteiger partial charge is 0.191 e. The van der Waals surface area contributed by atoms with Gasteiger partial charge in [0.25, 0.3) is 0 Å². The Morgan fingerprint density at radius 2 is 1.72 bits per heavy atom. The number of nitrogens with one attached hydrogen (secondary N) is 2. The molecule has 1 saturated carbocycles. The maximum Gasteiger partial charge on any atom is 0.191 e. The van der Waals surface area contributed by atoms with E-state index in [0.29, 0.717) is 25.2 Å². The van der Waals surface area contributed by atoms with E-state index in [1.165, 1.54) is 45.1 Å². The van der Waals surface area contributed by atoms with Crippen LogP contribution >= 0.6 is 0 Å². The number of ether oxygens (including phenoxy) is 3. The predicted octanol–water partition coefficient (Wildman–Crippen LogP) is 2.27. The third kappa shape index (κ3) is 10.1. The number of nitrogens with zero attached hydrogens (tertiary/aromatic N) is 2. The average Bonchev–Trinajstić information content (AvgIpc) is 2.76. The summed E-state index contributed by atoms with van der Waals surface area (Å²) >= 11 is 0. The summed E-state index contributed by atoms with van der Waals surface area (Å²) in [6.07, 6.45) is 8.95. The Morgan fingerprint density at radius 1 is 1.00 bits per heavy atom. The summed E-state index contributed by atoms with van der Waals surface area (Å²) in [5.41, 5.74) is 0.347. The fourth-order valence-electron chi connectivity index (χ4n) is 4.23. The van der Waals surface area contributed by atoms with Crippen LogP contribution in [0.4, 0.5) is 0 Å². The third-order valence-electron chi connectivity index (χ3n) is 5.98. The molecule has 0 amide bonds. The van der Waals surface area contributed by atoms with Gasteiger partial charge in [0, 0.05) is 51.8 Å². The molecule has 0 atom stereocenters. The number of hydrogen-bond donors (Lipinski definition) is 2. The Balaban J connectivity index is 1.64. The van der Waals surface area contributed by atoms with E-state index < -0.39 is 0 Å². The normalized spacial score (nSPS) is 20.6. The van der Waals surface area contributed by atoms with Gasteiger partial charge >= 0.3 is 0 Å². The average molecular weight is 413 g/mol. The summed E-state index contributed by atoms with van der Waals surface area (Å²) in [6.45, 7) is 11.8. The van der Waals surface area contributed by atoms with Crippen LogP contribution in [0.3, 0.4) is 0 Å². The fraction of sp³-hybridized carbons (Fsp3) is 0.955. The number of unbranched alkanes of at least 4 members (excludes halogenated alkanes) is 1. The molecule has 1 aliphatic heterocycles. The zero-order chi connectivity index (χ0) is 20.6. The van der Waals surface area contributed by atoms with Crippen molar-refractivity contribution in [3.63, 3.8) is 0 Å². The second-order valence-corrected chi connectivity index (χ2v) is 8.38. The van der Waals surface area contributed by atoms with E-state index in [1.54, 1.807) is 0 Å². The summed E-state index contributed by atoms with van der Waals surface area (Å²) in [7, 11) is 1.84. The molecule has 0 spiro atoms. The van der Waals surface area contributed by atoms with Crippen molar-refractivity contribution in [2.75, 3.05) is 79.4 Å². The first-order valence-corrected chi connectivity index (χ1v) is 11.7. The highest BCUT2D eigenvalue weighted by molar-refractivity contribution is 5.79. The van der Waals surface area contributed by atoms with Crippen molar-refractivity contribution in [1.29, 1.82) is 0 Å². The van der Waals surface area contributed by atoms with Gasteiger partial charge in [0.15, 0.2) is 5.96 Å². The maximum absolute atomic E-state index is 5.63. The van der Waals surface area contributed by atoms with Gasteiger partial charge in [-0.15, -0.1) is 0 Å². The van der Waals surface area contributed by atoms with E-state index in [4.69, 9.17) is 14.2 Å². The topological polar surface area (TPSA) is 67.4 Å². The summed E-state index contributed by atoms with van der Waals surface area (Å²) in [6, 6.07) is 0. The van der Waals surface area contributed by atoms with Crippen molar-refractivity contribution in [3.8, 4) is 0 Å². The molecule has 170 valence electrons. The van der Waals surface area contributed by atoms with Gasteiger partial charge in [0.1, 0.15) is 0 Å². The lowest BCUT2D eigenvalue weighted by Gasteiger charge is -2.42. The molecule has 0 unspecified atom stereocenters. The molecule has 1 heterocycles. The van der Waals surface area contributed by atoms with Crippen LogP contribution in [0.25, 0.3) is 0 Å². The molecular weight excluding hydrogens is 368 g/mol. The predicted molar refractivity (Wildman–Crippen MR) is 119 cm³/mol. The SMILES string of the molecule is CCCCOCCOCCNC(=NC)NCC1(CN2CCOCC2)CCCCC1. The highest BCUT2D eigenvalue weighted by atomic mass is 16.5. The Hall–Kier alpha value is -0.890. The highest BCUT2D eigenvalue weighted by Gasteiger charge is 2.34. The molecule has 7 nitrogen and oxygen atoms in total. The van der Waals surface area contributed by atoms with Gasteiger partial charge < -0.3 is 24.8 Å². The first-order chi connectivity index (χ1) is 14.3. The molecule has 0 aromatic carbocycles. The number of morpholine rings is 1. The maximum atomic E-state index is 5.63. The van der Waals surface area contributed by atoms with Gasteiger partial charge in [-0.25, -0.2) is 0 Å². The van der Waals surface area contributed by atoms with Crippen LogP contribution in [0.1, 0.15) is 51.9 Å². The summed E-state index contributed by atoms with van der Waals surface area (Å²) < 4.78 is 16.7. The van der Waals surface area contributed by atoms with Crippen molar-refractivity contribution in [2.45, 2.75) is 51.9 Å². The largest absolute Gasteiger partial charge is 0.379 e. The molecule has 7 heteroatoms. The van der Waals surface area contributed by atoms with Crippen LogP contribution in [0, 0.1) is 5.41 Å². The minimum Gasteiger partial charge on any atom is -0.379 e. The van der Waals surface area contributed by atoms with Gasteiger partial charge in [-0.05, 0) is 19.3 Å². The van der Waals surface area contributed by atoms with Gasteiger partial charge in [-0.1, -0.05) is 32.6 Å². The van der Waals surface area contributed by atoms with E-state index in [-0.39, 0.29) is 0 Å². The first-order valence-electron chi connectivity index (χ1n) is 11.7. The molecule has 0 aromatic heterocycles. The molecule has 0 radical (unpaired) electrons. The Morgan fingerprint density at radius 3 is 2.41 bits per heavy atom. The fourth-order valence-corrected chi connectivity index (χ4v) is 4.23. The van der Waals surface area contributed by atoms with Crippen molar-refractivity contribution in [2.24, 2.45) is 10.4 Å². The van der Waals surface area contributed by atoms with Crippen LogP contribution < -0.4 is 10.6 Å². The molecular formula is C22H44N4O3. The van der Waals surface area contributed by atoms with Crippen LogP contribution in [0.15, 0.2) is 4.99 Å². The minimum absolute atomic E-state index is 0.347. The molecule has 2 N–H and O–H groups in total. The highest BCUT2D eigenvalue weighted by Crippen LogP contribution is 2.36.